The van der Waals surface area contributed by atoms with Crippen molar-refractivity contribution in [1.29, 1.82) is 5.41 Å². The first-order valence-corrected chi connectivity index (χ1v) is 10.6. The van der Waals surface area contributed by atoms with Crippen LogP contribution in [-0.2, 0) is 4.79 Å². The molecule has 2 atom stereocenters. The molecule has 2 unspecified atom stereocenters. The van der Waals surface area contributed by atoms with E-state index in [0.29, 0.717) is 28.7 Å². The Balaban J connectivity index is 1.64. The third-order valence-electron chi connectivity index (χ3n) is 6.00. The van der Waals surface area contributed by atoms with Crippen molar-refractivity contribution < 1.29 is 19.0 Å². The van der Waals surface area contributed by atoms with Gasteiger partial charge < -0.3 is 30.0 Å². The first-order valence-electron chi connectivity index (χ1n) is 10.6. The molecule has 2 aromatic carbocycles. The molecule has 1 aliphatic rings. The lowest BCUT2D eigenvalue weighted by molar-refractivity contribution is -0.125. The van der Waals surface area contributed by atoms with E-state index in [1.807, 2.05) is 19.0 Å². The Morgan fingerprint density at radius 1 is 1.25 bits per heavy atom. The minimum atomic E-state index is -1.41. The monoisotopic (exact) mass is 442 g/mol. The molecule has 3 rings (SSSR count). The van der Waals surface area contributed by atoms with Gasteiger partial charge in [0.2, 0.25) is 0 Å². The lowest BCUT2D eigenvalue weighted by Crippen LogP contribution is -2.37. The molecule has 0 aliphatic carbocycles. The van der Waals surface area contributed by atoms with E-state index in [1.165, 1.54) is 18.0 Å². The average molecular weight is 443 g/mol. The molecule has 1 amide bonds. The van der Waals surface area contributed by atoms with Crippen LogP contribution < -0.4 is 14.5 Å². The van der Waals surface area contributed by atoms with Gasteiger partial charge in [0, 0.05) is 44.0 Å². The number of methoxy groups -OCH3 is 1. The van der Waals surface area contributed by atoms with Crippen molar-refractivity contribution in [2.24, 2.45) is 0 Å². The molecule has 0 radical (unpaired) electrons. The first-order chi connectivity index (χ1) is 15.2. The zero-order chi connectivity index (χ0) is 23.4. The Bertz CT molecular complexity index is 964. The summed E-state index contributed by atoms with van der Waals surface area (Å²) >= 11 is 0. The summed E-state index contributed by atoms with van der Waals surface area (Å²) in [5, 5.41) is 18.6. The number of rotatable bonds is 8. The molecule has 32 heavy (non-hydrogen) atoms. The molecule has 1 aliphatic heterocycles. The largest absolute Gasteiger partial charge is 0.497 e. The number of ether oxygens (including phenoxy) is 1. The number of carbonyl (C=O) groups excluding carboxylic acids is 1. The van der Waals surface area contributed by atoms with E-state index in [-0.39, 0.29) is 12.1 Å². The maximum absolute atomic E-state index is 14.8. The van der Waals surface area contributed by atoms with Crippen molar-refractivity contribution in [2.45, 2.75) is 25.0 Å². The Morgan fingerprint density at radius 2 is 1.94 bits per heavy atom. The quantitative estimate of drug-likeness (QED) is 0.615. The van der Waals surface area contributed by atoms with Crippen molar-refractivity contribution in [3.8, 4) is 5.75 Å². The molecular weight excluding hydrogens is 411 g/mol. The van der Waals surface area contributed by atoms with Crippen molar-refractivity contribution in [2.75, 3.05) is 51.1 Å². The zero-order valence-corrected chi connectivity index (χ0v) is 19.0. The van der Waals surface area contributed by atoms with Gasteiger partial charge in [-0.15, -0.1) is 0 Å². The summed E-state index contributed by atoms with van der Waals surface area (Å²) in [4.78, 5) is 18.1. The summed E-state index contributed by atoms with van der Waals surface area (Å²) in [6.07, 6.45) is -0.578. The van der Waals surface area contributed by atoms with Crippen LogP contribution in [0.4, 0.5) is 15.8 Å². The van der Waals surface area contributed by atoms with Gasteiger partial charge >= 0.3 is 0 Å². The van der Waals surface area contributed by atoms with Gasteiger partial charge in [0.05, 0.1) is 12.8 Å². The minimum Gasteiger partial charge on any atom is -0.497 e. The molecule has 0 spiro atoms. The smallest absolute Gasteiger partial charge is 0.255 e. The van der Waals surface area contributed by atoms with E-state index in [4.69, 9.17) is 10.1 Å². The second-order valence-corrected chi connectivity index (χ2v) is 8.31. The zero-order valence-electron chi connectivity index (χ0n) is 19.0. The van der Waals surface area contributed by atoms with E-state index in [1.54, 1.807) is 43.5 Å². The highest BCUT2D eigenvalue weighted by molar-refractivity contribution is 6.04. The highest BCUT2D eigenvalue weighted by atomic mass is 19.1. The van der Waals surface area contributed by atoms with Crippen LogP contribution in [0.5, 0.6) is 5.75 Å². The lowest BCUT2D eigenvalue weighted by atomic mass is 10.0. The van der Waals surface area contributed by atoms with Crippen molar-refractivity contribution in [3.05, 3.63) is 53.8 Å². The van der Waals surface area contributed by atoms with Crippen LogP contribution in [0.3, 0.4) is 0 Å². The number of nitrogens with one attached hydrogen (secondary N) is 1. The topological polar surface area (TPSA) is 80.1 Å². The maximum atomic E-state index is 14.8. The number of carbonyl (C=O) groups is 1. The maximum Gasteiger partial charge on any atom is 0.255 e. The van der Waals surface area contributed by atoms with Gasteiger partial charge in [-0.2, -0.15) is 0 Å². The highest BCUT2D eigenvalue weighted by Crippen LogP contribution is 2.28. The third kappa shape index (κ3) is 5.26. The van der Waals surface area contributed by atoms with Gasteiger partial charge in [0.1, 0.15) is 17.7 Å². The Morgan fingerprint density at radius 3 is 2.50 bits per heavy atom. The van der Waals surface area contributed by atoms with Crippen LogP contribution >= 0.6 is 0 Å². The highest BCUT2D eigenvalue weighted by Gasteiger charge is 2.27. The molecule has 172 valence electrons. The molecule has 0 aromatic heterocycles. The standard InChI is InChI=1S/C24H31FN4O3/c1-27(2)18-11-12-29(15-18)22-10-7-17(13-20(22)25)28(3)24(31)23(30)14-21(26)16-5-8-19(32-4)9-6-16/h5-10,13,18,23,26,30H,11-12,14-15H2,1-4H3. The van der Waals surface area contributed by atoms with Crippen LogP contribution in [0.1, 0.15) is 18.4 Å². The molecule has 2 aromatic rings. The molecule has 2 N–H and O–H groups in total. The number of likely N-dealkylation sites (N-methyl/N-ethyl adjacent to an activating group) is 2. The molecule has 1 heterocycles. The minimum absolute atomic E-state index is 0.132. The van der Waals surface area contributed by atoms with Crippen molar-refractivity contribution >= 4 is 23.0 Å². The third-order valence-corrected chi connectivity index (χ3v) is 6.00. The summed E-state index contributed by atoms with van der Waals surface area (Å²) < 4.78 is 19.9. The molecule has 1 saturated heterocycles. The summed E-state index contributed by atoms with van der Waals surface area (Å²) in [6, 6.07) is 11.9. The van der Waals surface area contributed by atoms with E-state index in [0.717, 1.165) is 19.5 Å². The fraction of sp³-hybridized carbons (Fsp3) is 0.417. The van der Waals surface area contributed by atoms with Crippen LogP contribution in [0.25, 0.3) is 0 Å². The SMILES string of the molecule is COc1ccc(C(=N)CC(O)C(=O)N(C)c2ccc(N3CCC(N(C)C)C3)c(F)c2)cc1. The lowest BCUT2D eigenvalue weighted by Gasteiger charge is -2.24. The molecule has 8 heteroatoms. The normalized spacial score (nSPS) is 16.8. The fourth-order valence-electron chi connectivity index (χ4n) is 3.88. The summed E-state index contributed by atoms with van der Waals surface area (Å²) in [5.41, 5.74) is 1.60. The number of anilines is 2. The number of aliphatic hydroxyl groups excluding tert-OH is 1. The fourth-order valence-corrected chi connectivity index (χ4v) is 3.88. The van der Waals surface area contributed by atoms with Crippen molar-refractivity contribution in [3.63, 3.8) is 0 Å². The predicted octanol–water partition coefficient (Wildman–Crippen LogP) is 2.76. The second-order valence-electron chi connectivity index (χ2n) is 8.31. The Kier molecular flexibility index (Phi) is 7.48. The van der Waals surface area contributed by atoms with Gasteiger partial charge in [-0.1, -0.05) is 0 Å². The van der Waals surface area contributed by atoms with Crippen LogP contribution in [0.2, 0.25) is 0 Å². The number of benzene rings is 2. The van der Waals surface area contributed by atoms with Gasteiger partial charge in [0.15, 0.2) is 0 Å². The van der Waals surface area contributed by atoms with Crippen molar-refractivity contribution in [1.82, 2.24) is 4.90 Å². The predicted molar refractivity (Wildman–Crippen MR) is 125 cm³/mol. The number of amides is 1. The van der Waals surface area contributed by atoms with Gasteiger partial charge in [-0.3, -0.25) is 4.79 Å². The van der Waals surface area contributed by atoms with E-state index in [2.05, 4.69) is 4.90 Å². The number of halogens is 1. The van der Waals surface area contributed by atoms with Gasteiger partial charge in [0.25, 0.3) is 5.91 Å². The van der Waals surface area contributed by atoms with Crippen LogP contribution in [0.15, 0.2) is 42.5 Å². The Labute approximate surface area is 188 Å². The van der Waals surface area contributed by atoms with E-state index < -0.39 is 17.8 Å². The molecular formula is C24H31FN4O3. The molecule has 0 bridgehead atoms. The second kappa shape index (κ2) is 10.1. The van der Waals surface area contributed by atoms with Crippen LogP contribution in [-0.4, -0.2) is 75.1 Å². The summed E-state index contributed by atoms with van der Waals surface area (Å²) in [5.74, 6) is -0.333. The van der Waals surface area contributed by atoms with E-state index in [9.17, 15) is 14.3 Å². The number of nitrogens with zero attached hydrogens (tertiary/aromatic N) is 3. The van der Waals surface area contributed by atoms with E-state index >= 15 is 0 Å². The molecule has 1 fully saturated rings. The van der Waals surface area contributed by atoms with Gasteiger partial charge in [-0.05, 0) is 68.5 Å². The molecule has 0 saturated carbocycles. The Hall–Kier alpha value is -2.97. The number of hydrogen-bond donors (Lipinski definition) is 2. The summed E-state index contributed by atoms with van der Waals surface area (Å²) in [7, 11) is 7.09. The number of hydrogen-bond acceptors (Lipinski definition) is 6. The van der Waals surface area contributed by atoms with Gasteiger partial charge in [-0.25, -0.2) is 4.39 Å². The van der Waals surface area contributed by atoms with Crippen LogP contribution in [0, 0.1) is 11.2 Å². The average Bonchev–Trinajstić information content (AvgIpc) is 3.28. The number of aliphatic hydroxyl groups is 1. The first kappa shape index (κ1) is 23.7. The molecule has 7 nitrogen and oxygen atoms in total. The summed E-state index contributed by atoms with van der Waals surface area (Å²) in [6.45, 7) is 1.53.